The minimum absolute atomic E-state index is 0.0270. The third-order valence-electron chi connectivity index (χ3n) is 3.75. The van der Waals surface area contributed by atoms with E-state index < -0.39 is 23.8 Å². The Labute approximate surface area is 148 Å². The predicted molar refractivity (Wildman–Crippen MR) is 85.8 cm³/mol. The van der Waals surface area contributed by atoms with E-state index in [1.54, 1.807) is 18.3 Å². The maximum absolute atomic E-state index is 12.1. The number of amides is 2. The summed E-state index contributed by atoms with van der Waals surface area (Å²) in [5.74, 6) is -2.57. The van der Waals surface area contributed by atoms with Crippen molar-refractivity contribution in [3.8, 4) is 0 Å². The van der Waals surface area contributed by atoms with Gasteiger partial charge in [-0.25, -0.2) is 9.59 Å². The van der Waals surface area contributed by atoms with Gasteiger partial charge in [0.25, 0.3) is 11.8 Å². The van der Waals surface area contributed by atoms with E-state index in [-0.39, 0.29) is 23.2 Å². The summed E-state index contributed by atoms with van der Waals surface area (Å²) < 4.78 is 6.04. The Bertz CT molecular complexity index is 853. The number of fused-ring (bicyclic) bond motifs is 1. The van der Waals surface area contributed by atoms with Gasteiger partial charge in [-0.2, -0.15) is 5.10 Å². The molecule has 3 rings (SSSR count). The number of rotatable bonds is 6. The summed E-state index contributed by atoms with van der Waals surface area (Å²) in [5.41, 5.74) is 0.579. The van der Waals surface area contributed by atoms with E-state index in [1.807, 2.05) is 0 Å². The molecule has 0 spiro atoms. The molecule has 1 aromatic heterocycles. The van der Waals surface area contributed by atoms with Crippen LogP contribution in [0.15, 0.2) is 36.5 Å². The number of carbonyl (C=O) groups excluding carboxylic acids is 4. The lowest BCUT2D eigenvalue weighted by atomic mass is 10.1. The largest absolute Gasteiger partial charge is 0.464 e. The fourth-order valence-electron chi connectivity index (χ4n) is 2.48. The van der Waals surface area contributed by atoms with Crippen molar-refractivity contribution >= 4 is 23.8 Å². The summed E-state index contributed by atoms with van der Waals surface area (Å²) in [4.78, 5) is 52.3. The van der Waals surface area contributed by atoms with Gasteiger partial charge in [0.2, 0.25) is 0 Å². The number of hydrogen-bond acceptors (Lipinski definition) is 7. The monoisotopic (exact) mass is 357 g/mol. The van der Waals surface area contributed by atoms with Gasteiger partial charge in [0, 0.05) is 19.2 Å². The molecule has 134 valence electrons. The molecule has 9 nitrogen and oxygen atoms in total. The number of nitrogens with zero attached hydrogens (tertiary/aromatic N) is 3. The first kappa shape index (κ1) is 17.3. The average molecular weight is 357 g/mol. The smallest absolute Gasteiger partial charge is 0.358 e. The van der Waals surface area contributed by atoms with Crippen LogP contribution in [0.25, 0.3) is 0 Å². The number of hydroxylamine groups is 2. The van der Waals surface area contributed by atoms with E-state index in [1.165, 1.54) is 30.0 Å². The molecule has 9 heteroatoms. The van der Waals surface area contributed by atoms with Gasteiger partial charge in [-0.3, -0.25) is 14.3 Å². The summed E-state index contributed by atoms with van der Waals surface area (Å²) in [6.45, 7) is 0.355. The molecule has 2 heterocycles. The number of benzene rings is 1. The van der Waals surface area contributed by atoms with Crippen molar-refractivity contribution in [2.24, 2.45) is 0 Å². The van der Waals surface area contributed by atoms with Gasteiger partial charge in [0.05, 0.1) is 18.2 Å². The number of esters is 1. The third kappa shape index (κ3) is 3.32. The van der Waals surface area contributed by atoms with Crippen molar-refractivity contribution in [2.75, 3.05) is 7.11 Å². The lowest BCUT2D eigenvalue weighted by Gasteiger charge is -2.12. The molecule has 26 heavy (non-hydrogen) atoms. The highest BCUT2D eigenvalue weighted by atomic mass is 16.7. The summed E-state index contributed by atoms with van der Waals surface area (Å²) in [7, 11) is 1.26. The van der Waals surface area contributed by atoms with Crippen molar-refractivity contribution in [3.63, 3.8) is 0 Å². The van der Waals surface area contributed by atoms with E-state index in [4.69, 9.17) is 4.84 Å². The van der Waals surface area contributed by atoms with Crippen LogP contribution in [-0.2, 0) is 20.9 Å². The van der Waals surface area contributed by atoms with Gasteiger partial charge in [0.15, 0.2) is 5.69 Å². The minimum atomic E-state index is -0.708. The number of ether oxygens (including phenoxy) is 1. The van der Waals surface area contributed by atoms with Crippen molar-refractivity contribution in [1.29, 1.82) is 0 Å². The van der Waals surface area contributed by atoms with Crippen molar-refractivity contribution in [2.45, 2.75) is 19.4 Å². The zero-order valence-corrected chi connectivity index (χ0v) is 13.9. The van der Waals surface area contributed by atoms with Gasteiger partial charge in [-0.15, -0.1) is 0 Å². The normalized spacial score (nSPS) is 12.9. The van der Waals surface area contributed by atoms with Crippen LogP contribution in [0.1, 0.15) is 44.0 Å². The molecule has 0 atom stereocenters. The van der Waals surface area contributed by atoms with Crippen LogP contribution in [0.5, 0.6) is 0 Å². The standard InChI is InChI=1S/C17H15N3O6/c1-25-17(24)13-8-10-19(18-13)9-4-7-14(21)26-20-15(22)11-5-2-3-6-12(11)16(20)23/h2-3,5-6,8,10H,4,7,9H2,1H3. The number of methoxy groups -OCH3 is 1. The van der Waals surface area contributed by atoms with Crippen LogP contribution < -0.4 is 0 Å². The second-order valence-electron chi connectivity index (χ2n) is 5.47. The summed E-state index contributed by atoms with van der Waals surface area (Å²) in [6.07, 6.45) is 1.91. The molecule has 0 saturated carbocycles. The number of hydrogen-bond donors (Lipinski definition) is 0. The first-order valence-corrected chi connectivity index (χ1v) is 7.81. The minimum Gasteiger partial charge on any atom is -0.464 e. The molecule has 1 aliphatic rings. The van der Waals surface area contributed by atoms with Gasteiger partial charge >= 0.3 is 11.9 Å². The van der Waals surface area contributed by atoms with Crippen molar-refractivity contribution in [1.82, 2.24) is 14.8 Å². The first-order chi connectivity index (χ1) is 12.5. The quantitative estimate of drug-likeness (QED) is 0.565. The van der Waals surface area contributed by atoms with Gasteiger partial charge in [0.1, 0.15) is 0 Å². The van der Waals surface area contributed by atoms with Crippen LogP contribution in [0.2, 0.25) is 0 Å². The maximum atomic E-state index is 12.1. The molecule has 0 N–H and O–H groups in total. The van der Waals surface area contributed by atoms with Crippen LogP contribution in [-0.4, -0.2) is 45.7 Å². The molecule has 2 amide bonds. The molecule has 1 aromatic carbocycles. The van der Waals surface area contributed by atoms with E-state index in [2.05, 4.69) is 9.84 Å². The number of imide groups is 1. The van der Waals surface area contributed by atoms with Crippen LogP contribution >= 0.6 is 0 Å². The van der Waals surface area contributed by atoms with Crippen molar-refractivity contribution < 1.29 is 28.8 Å². The zero-order chi connectivity index (χ0) is 18.7. The molecule has 1 aliphatic heterocycles. The second-order valence-corrected chi connectivity index (χ2v) is 5.47. The molecule has 0 saturated heterocycles. The zero-order valence-electron chi connectivity index (χ0n) is 13.9. The summed E-state index contributed by atoms with van der Waals surface area (Å²) in [6, 6.07) is 7.76. The molecule has 0 aliphatic carbocycles. The van der Waals surface area contributed by atoms with Crippen LogP contribution in [0.3, 0.4) is 0 Å². The van der Waals surface area contributed by atoms with Crippen molar-refractivity contribution in [3.05, 3.63) is 53.3 Å². The Kier molecular flexibility index (Phi) is 4.78. The van der Waals surface area contributed by atoms with E-state index in [0.717, 1.165) is 0 Å². The fraction of sp³-hybridized carbons (Fsp3) is 0.235. The van der Waals surface area contributed by atoms with Gasteiger partial charge in [-0.05, 0) is 24.6 Å². The summed E-state index contributed by atoms with van der Waals surface area (Å²) >= 11 is 0. The van der Waals surface area contributed by atoms with Gasteiger partial charge < -0.3 is 9.57 Å². The maximum Gasteiger partial charge on any atom is 0.358 e. The number of aryl methyl sites for hydroxylation is 1. The molecule has 0 unspecified atom stereocenters. The average Bonchev–Trinajstić information content (AvgIpc) is 3.21. The Morgan fingerprint density at radius 2 is 1.73 bits per heavy atom. The van der Waals surface area contributed by atoms with Gasteiger partial charge in [-0.1, -0.05) is 17.2 Å². The predicted octanol–water partition coefficient (Wildman–Crippen LogP) is 1.20. The van der Waals surface area contributed by atoms with E-state index in [0.29, 0.717) is 18.0 Å². The lowest BCUT2D eigenvalue weighted by molar-refractivity contribution is -0.168. The summed E-state index contributed by atoms with van der Waals surface area (Å²) in [5, 5.41) is 4.49. The number of carbonyl (C=O) groups is 4. The molecule has 0 radical (unpaired) electrons. The molecule has 0 bridgehead atoms. The SMILES string of the molecule is COC(=O)c1ccn(CCCC(=O)ON2C(=O)c3ccccc3C2=O)n1. The fourth-order valence-corrected chi connectivity index (χ4v) is 2.48. The molecular weight excluding hydrogens is 342 g/mol. The highest BCUT2D eigenvalue weighted by Crippen LogP contribution is 2.22. The van der Waals surface area contributed by atoms with Crippen LogP contribution in [0, 0.1) is 0 Å². The molecule has 0 fully saturated rings. The highest BCUT2D eigenvalue weighted by Gasteiger charge is 2.38. The van der Waals surface area contributed by atoms with E-state index >= 15 is 0 Å². The van der Waals surface area contributed by atoms with E-state index in [9.17, 15) is 19.2 Å². The topological polar surface area (TPSA) is 108 Å². The number of aromatic nitrogens is 2. The molecule has 2 aromatic rings. The first-order valence-electron chi connectivity index (χ1n) is 7.81. The Balaban J connectivity index is 1.51. The second kappa shape index (κ2) is 7.18. The lowest BCUT2D eigenvalue weighted by Crippen LogP contribution is -2.32. The highest BCUT2D eigenvalue weighted by molar-refractivity contribution is 6.20. The molecular formula is C17H15N3O6. The Morgan fingerprint density at radius 1 is 1.08 bits per heavy atom. The Hall–Kier alpha value is -3.49. The third-order valence-corrected chi connectivity index (χ3v) is 3.75. The Morgan fingerprint density at radius 3 is 2.35 bits per heavy atom. The van der Waals surface area contributed by atoms with Crippen LogP contribution in [0.4, 0.5) is 0 Å².